The zero-order valence-corrected chi connectivity index (χ0v) is 11.5. The van der Waals surface area contributed by atoms with Gasteiger partial charge in [-0.25, -0.2) is 0 Å². The monoisotopic (exact) mass is 244 g/mol. The first-order chi connectivity index (χ1) is 8.50. The number of benzene rings is 1. The number of hydrogen-bond acceptors (Lipinski definition) is 3. The largest absolute Gasteiger partial charge is 0.378 e. The summed E-state index contributed by atoms with van der Waals surface area (Å²) in [4.78, 5) is 2.12. The summed E-state index contributed by atoms with van der Waals surface area (Å²) in [6.07, 6.45) is 0. The van der Waals surface area contributed by atoms with E-state index < -0.39 is 5.41 Å². The van der Waals surface area contributed by atoms with Crippen LogP contribution in [0.5, 0.6) is 0 Å². The third-order valence-corrected chi connectivity index (χ3v) is 3.83. The second-order valence-corrected chi connectivity index (χ2v) is 5.47. The molecule has 1 heterocycles. The lowest BCUT2D eigenvalue weighted by Gasteiger charge is -2.44. The van der Waals surface area contributed by atoms with E-state index in [1.54, 1.807) is 0 Å². The summed E-state index contributed by atoms with van der Waals surface area (Å²) in [6, 6.07) is 9.01. The minimum Gasteiger partial charge on any atom is -0.378 e. The fourth-order valence-electron chi connectivity index (χ4n) is 2.65. The lowest BCUT2D eigenvalue weighted by molar-refractivity contribution is -0.115. The van der Waals surface area contributed by atoms with Gasteiger partial charge in [0.2, 0.25) is 0 Å². The van der Waals surface area contributed by atoms with Crippen molar-refractivity contribution in [3.05, 3.63) is 34.9 Å². The second-order valence-electron chi connectivity index (χ2n) is 5.47. The number of nitrogens with zero attached hydrogens (tertiary/aromatic N) is 2. The van der Waals surface area contributed by atoms with Gasteiger partial charge in [0.15, 0.2) is 0 Å². The number of nitriles is 1. The van der Waals surface area contributed by atoms with Crippen LogP contribution in [0.15, 0.2) is 18.2 Å². The standard InChI is InChI=1S/C15H20N2O/c1-11-5-6-13(7-12(11)2)14(17(3)4)15(8-16)9-18-10-15/h5-7,14H,9-10H2,1-4H3. The smallest absolute Gasteiger partial charge is 0.123 e. The van der Waals surface area contributed by atoms with E-state index in [-0.39, 0.29) is 6.04 Å². The molecule has 1 fully saturated rings. The summed E-state index contributed by atoms with van der Waals surface area (Å²) in [6.45, 7) is 5.27. The molecule has 3 heteroatoms. The Bertz CT molecular complexity index is 484. The van der Waals surface area contributed by atoms with Crippen LogP contribution in [0.25, 0.3) is 0 Å². The first kappa shape index (κ1) is 13.1. The number of aryl methyl sites for hydroxylation is 2. The van der Waals surface area contributed by atoms with Gasteiger partial charge in [-0.1, -0.05) is 18.2 Å². The van der Waals surface area contributed by atoms with Crippen molar-refractivity contribution in [3.63, 3.8) is 0 Å². The van der Waals surface area contributed by atoms with Crippen LogP contribution >= 0.6 is 0 Å². The van der Waals surface area contributed by atoms with Gasteiger partial charge in [-0.2, -0.15) is 5.26 Å². The van der Waals surface area contributed by atoms with E-state index in [0.717, 1.165) is 0 Å². The summed E-state index contributed by atoms with van der Waals surface area (Å²) in [7, 11) is 4.05. The Morgan fingerprint density at radius 2 is 1.94 bits per heavy atom. The topological polar surface area (TPSA) is 36.3 Å². The van der Waals surface area contributed by atoms with Gasteiger partial charge in [-0.15, -0.1) is 0 Å². The molecule has 1 aromatic carbocycles. The van der Waals surface area contributed by atoms with E-state index >= 15 is 0 Å². The van der Waals surface area contributed by atoms with Crippen LogP contribution in [0.1, 0.15) is 22.7 Å². The predicted molar refractivity (Wildman–Crippen MR) is 71.2 cm³/mol. The molecule has 1 saturated heterocycles. The number of rotatable bonds is 3. The summed E-state index contributed by atoms with van der Waals surface area (Å²) in [5.41, 5.74) is 3.36. The van der Waals surface area contributed by atoms with Crippen molar-refractivity contribution < 1.29 is 4.74 Å². The van der Waals surface area contributed by atoms with Gasteiger partial charge < -0.3 is 9.64 Å². The van der Waals surface area contributed by atoms with Crippen molar-refractivity contribution in [3.8, 4) is 6.07 Å². The third kappa shape index (κ3) is 2.03. The van der Waals surface area contributed by atoms with Crippen molar-refractivity contribution in [2.24, 2.45) is 5.41 Å². The fourth-order valence-corrected chi connectivity index (χ4v) is 2.65. The molecule has 1 aromatic rings. The molecule has 0 aliphatic carbocycles. The Hall–Kier alpha value is -1.37. The van der Waals surface area contributed by atoms with Crippen LogP contribution < -0.4 is 0 Å². The highest BCUT2D eigenvalue weighted by Gasteiger charge is 2.48. The van der Waals surface area contributed by atoms with Gasteiger partial charge in [0, 0.05) is 0 Å². The lowest BCUT2D eigenvalue weighted by Crippen LogP contribution is -2.50. The molecule has 0 bridgehead atoms. The van der Waals surface area contributed by atoms with Gasteiger partial charge in [-0.3, -0.25) is 0 Å². The summed E-state index contributed by atoms with van der Waals surface area (Å²) in [5, 5.41) is 9.48. The first-order valence-corrected chi connectivity index (χ1v) is 6.23. The van der Waals surface area contributed by atoms with E-state index in [1.807, 2.05) is 14.1 Å². The Kier molecular flexibility index (Phi) is 3.43. The molecule has 1 unspecified atom stereocenters. The molecule has 0 saturated carbocycles. The van der Waals surface area contributed by atoms with Gasteiger partial charge >= 0.3 is 0 Å². The van der Waals surface area contributed by atoms with Crippen molar-refractivity contribution in [1.82, 2.24) is 4.90 Å². The van der Waals surface area contributed by atoms with Crippen molar-refractivity contribution >= 4 is 0 Å². The summed E-state index contributed by atoms with van der Waals surface area (Å²) in [5.74, 6) is 0. The van der Waals surface area contributed by atoms with Crippen LogP contribution in [-0.2, 0) is 4.74 Å². The van der Waals surface area contributed by atoms with Gasteiger partial charge in [0.1, 0.15) is 5.41 Å². The third-order valence-electron chi connectivity index (χ3n) is 3.83. The van der Waals surface area contributed by atoms with Gasteiger partial charge in [0.25, 0.3) is 0 Å². The predicted octanol–water partition coefficient (Wildman–Crippen LogP) is 2.45. The normalized spacial score (nSPS) is 19.1. The Morgan fingerprint density at radius 3 is 2.33 bits per heavy atom. The Morgan fingerprint density at radius 1 is 1.28 bits per heavy atom. The molecule has 1 aliphatic rings. The molecule has 18 heavy (non-hydrogen) atoms. The molecule has 1 atom stereocenters. The molecule has 0 radical (unpaired) electrons. The van der Waals surface area contributed by atoms with Crippen LogP contribution in [0.4, 0.5) is 0 Å². The highest BCUT2D eigenvalue weighted by Crippen LogP contribution is 2.43. The number of hydrogen-bond donors (Lipinski definition) is 0. The molecule has 96 valence electrons. The van der Waals surface area contributed by atoms with Crippen molar-refractivity contribution in [1.29, 1.82) is 5.26 Å². The van der Waals surface area contributed by atoms with E-state index in [4.69, 9.17) is 4.74 Å². The van der Waals surface area contributed by atoms with E-state index in [9.17, 15) is 5.26 Å². The molecule has 0 N–H and O–H groups in total. The van der Waals surface area contributed by atoms with Crippen molar-refractivity contribution in [2.75, 3.05) is 27.3 Å². The lowest BCUT2D eigenvalue weighted by atomic mass is 9.75. The average molecular weight is 244 g/mol. The Labute approximate surface area is 109 Å². The quantitative estimate of drug-likeness (QED) is 0.819. The molecule has 2 rings (SSSR count). The van der Waals surface area contributed by atoms with Gasteiger partial charge in [0.05, 0.1) is 25.3 Å². The highest BCUT2D eigenvalue weighted by atomic mass is 16.5. The van der Waals surface area contributed by atoms with Crippen molar-refractivity contribution in [2.45, 2.75) is 19.9 Å². The molecular formula is C15H20N2O. The molecular weight excluding hydrogens is 224 g/mol. The molecule has 1 aliphatic heterocycles. The van der Waals surface area contributed by atoms with E-state index in [1.165, 1.54) is 16.7 Å². The van der Waals surface area contributed by atoms with E-state index in [2.05, 4.69) is 43.0 Å². The zero-order chi connectivity index (χ0) is 13.3. The Balaban J connectivity index is 2.42. The maximum absolute atomic E-state index is 9.48. The van der Waals surface area contributed by atoms with Crippen LogP contribution in [-0.4, -0.2) is 32.2 Å². The maximum Gasteiger partial charge on any atom is 0.123 e. The van der Waals surface area contributed by atoms with Crippen LogP contribution in [0.3, 0.4) is 0 Å². The van der Waals surface area contributed by atoms with E-state index in [0.29, 0.717) is 13.2 Å². The maximum atomic E-state index is 9.48. The average Bonchev–Trinajstić information content (AvgIpc) is 2.27. The van der Waals surface area contributed by atoms with Crippen LogP contribution in [0.2, 0.25) is 0 Å². The summed E-state index contributed by atoms with van der Waals surface area (Å²) < 4.78 is 5.29. The molecule has 0 spiro atoms. The minimum atomic E-state index is -0.398. The fraction of sp³-hybridized carbons (Fsp3) is 0.533. The van der Waals surface area contributed by atoms with Crippen LogP contribution in [0, 0.1) is 30.6 Å². The second kappa shape index (κ2) is 4.72. The van der Waals surface area contributed by atoms with Gasteiger partial charge in [-0.05, 0) is 44.6 Å². The highest BCUT2D eigenvalue weighted by molar-refractivity contribution is 5.34. The SMILES string of the molecule is Cc1ccc(C(N(C)C)C2(C#N)COC2)cc1C. The molecule has 3 nitrogen and oxygen atoms in total. The zero-order valence-electron chi connectivity index (χ0n) is 11.5. The summed E-state index contributed by atoms with van der Waals surface area (Å²) >= 11 is 0. The molecule has 0 aromatic heterocycles. The first-order valence-electron chi connectivity index (χ1n) is 6.23. The minimum absolute atomic E-state index is 0.0931. The molecule has 0 amide bonds. The number of ether oxygens (including phenoxy) is 1.